The maximum Gasteiger partial charge on any atom is 0.143 e. The lowest BCUT2D eigenvalue weighted by atomic mass is 9.78. The highest BCUT2D eigenvalue weighted by Gasteiger charge is 2.46. The zero-order valence-corrected chi connectivity index (χ0v) is 72.2. The Kier molecular flexibility index (Phi) is 37.4. The summed E-state index contributed by atoms with van der Waals surface area (Å²) in [6, 6.07) is 45.8. The van der Waals surface area contributed by atoms with Crippen molar-refractivity contribution in [2.24, 2.45) is 0 Å². The average Bonchev–Trinajstić information content (AvgIpc) is 1.55. The van der Waals surface area contributed by atoms with Crippen molar-refractivity contribution >= 4 is 79.9 Å². The molecule has 8 aromatic rings. The first kappa shape index (κ1) is 84.9. The SMILES string of the molecule is CCCCCCCCCCCCCCCCc1ccc(C(O)(c2ccc(C)cc2)c2c(-c3ccc([Si](C)(C)C)s3)sc3c(C(O)(c4ccc(CCCCCCCCCCCCCCCC)cc4)c4ccc(CCCCCCCCCCCCCCCC)cc4)c(-c4ccc([Si](C)(C)C)s4)sc23)cc1. The van der Waals surface area contributed by atoms with Crippen LogP contribution in [-0.4, -0.2) is 26.4 Å². The molecule has 0 amide bonds. The summed E-state index contributed by atoms with van der Waals surface area (Å²) in [6.45, 7) is 23.8. The fourth-order valence-electron chi connectivity index (χ4n) is 15.7. The number of benzene rings is 4. The predicted octanol–water partition coefficient (Wildman–Crippen LogP) is 30.5. The Morgan fingerprint density at radius 2 is 0.476 bits per heavy atom. The Labute approximate surface area is 648 Å². The molecule has 0 fully saturated rings. The molecule has 0 radical (unpaired) electrons. The molecule has 0 saturated carbocycles. The second-order valence-electron chi connectivity index (χ2n) is 33.5. The van der Waals surface area contributed by atoms with Crippen molar-refractivity contribution in [3.05, 3.63) is 177 Å². The van der Waals surface area contributed by atoms with Gasteiger partial charge in [-0.25, -0.2) is 0 Å². The molecule has 0 saturated heterocycles. The molecule has 2 N–H and O–H groups in total. The number of unbranched alkanes of at least 4 members (excludes halogenated alkanes) is 39. The van der Waals surface area contributed by atoms with Crippen LogP contribution in [0.3, 0.4) is 0 Å². The highest BCUT2D eigenvalue weighted by Crippen LogP contribution is 2.59. The Morgan fingerprint density at radius 1 is 0.262 bits per heavy atom. The van der Waals surface area contributed by atoms with Crippen LogP contribution in [0, 0.1) is 6.92 Å². The molecule has 8 rings (SSSR count). The van der Waals surface area contributed by atoms with Crippen molar-refractivity contribution < 1.29 is 10.2 Å². The van der Waals surface area contributed by atoms with E-state index in [0.29, 0.717) is 0 Å². The van der Waals surface area contributed by atoms with Crippen molar-refractivity contribution in [3.8, 4) is 19.5 Å². The quantitative estimate of drug-likeness (QED) is 0.0295. The second-order valence-corrected chi connectivity index (χ2v) is 48.5. The standard InChI is InChI=1S/C95H142O2S4Si2/c1-11-14-17-20-23-26-29-32-35-38-41-44-47-50-53-77-58-66-81(67-59-77)94(96,80-64-56-76(4)57-65-80)88-90(84-72-74-86(98-84)102(5,6)7)100-93-89(91(101-92(88)93)85-73-75-87(99-85)103(8,9)10)95(97,82-68-60-78(61-69-82)54-51-48-45-42-39-36-33-30-27-24-21-18-15-12-2)83-70-62-79(63-71-83)55-52-49-46-43-40-37-34-31-28-25-22-19-16-13-3/h56-75,96-97H,11-55H2,1-10H3. The summed E-state index contributed by atoms with van der Waals surface area (Å²) < 4.78 is 5.04. The van der Waals surface area contributed by atoms with E-state index in [-0.39, 0.29) is 0 Å². The van der Waals surface area contributed by atoms with Gasteiger partial charge in [0, 0.05) is 20.9 Å². The smallest absolute Gasteiger partial charge is 0.143 e. The van der Waals surface area contributed by atoms with E-state index in [1.165, 1.54) is 311 Å². The lowest BCUT2D eigenvalue weighted by molar-refractivity contribution is 0.127. The molecular formula is C95H142O2S4Si2. The van der Waals surface area contributed by atoms with Crippen molar-refractivity contribution in [1.82, 2.24) is 0 Å². The van der Waals surface area contributed by atoms with Crippen molar-refractivity contribution in [1.29, 1.82) is 0 Å². The zero-order valence-electron chi connectivity index (χ0n) is 66.9. The fraction of sp³-hybridized carbons (Fsp3) is 0.600. The van der Waals surface area contributed by atoms with Crippen molar-refractivity contribution in [3.63, 3.8) is 0 Å². The van der Waals surface area contributed by atoms with Gasteiger partial charge in [0.1, 0.15) is 11.2 Å². The first-order chi connectivity index (χ1) is 50.0. The van der Waals surface area contributed by atoms with Gasteiger partial charge in [-0.3, -0.25) is 0 Å². The number of aliphatic hydroxyl groups is 2. The van der Waals surface area contributed by atoms with E-state index in [2.05, 4.69) is 188 Å². The van der Waals surface area contributed by atoms with E-state index in [1.807, 2.05) is 45.3 Å². The molecule has 2 nitrogen and oxygen atoms in total. The van der Waals surface area contributed by atoms with Gasteiger partial charge in [-0.15, -0.1) is 45.3 Å². The van der Waals surface area contributed by atoms with E-state index in [4.69, 9.17) is 0 Å². The molecule has 4 heterocycles. The first-order valence-corrected chi connectivity index (χ1v) is 52.9. The third kappa shape index (κ3) is 26.3. The van der Waals surface area contributed by atoms with Crippen LogP contribution >= 0.6 is 45.3 Å². The molecule has 1 unspecified atom stereocenters. The van der Waals surface area contributed by atoms with Gasteiger partial charge in [-0.1, -0.05) is 425 Å². The summed E-state index contributed by atoms with van der Waals surface area (Å²) >= 11 is 7.47. The summed E-state index contributed by atoms with van der Waals surface area (Å²) in [5.74, 6) is 0. The molecule has 8 heteroatoms. The summed E-state index contributed by atoms with van der Waals surface area (Å²) in [5.41, 5.74) is 7.56. The number of aryl methyl sites for hydroxylation is 4. The van der Waals surface area contributed by atoms with Gasteiger partial charge in [0.05, 0.1) is 35.3 Å². The van der Waals surface area contributed by atoms with Crippen LogP contribution in [0.25, 0.3) is 28.9 Å². The fourth-order valence-corrected chi connectivity index (χ4v) is 24.8. The summed E-state index contributed by atoms with van der Waals surface area (Å²) in [6.07, 6.45) is 60.2. The maximum absolute atomic E-state index is 15.0. The number of hydrogen-bond acceptors (Lipinski definition) is 6. The van der Waals surface area contributed by atoms with E-state index in [1.54, 1.807) is 0 Å². The van der Waals surface area contributed by atoms with Gasteiger partial charge < -0.3 is 10.2 Å². The van der Waals surface area contributed by atoms with Crippen LogP contribution in [-0.2, 0) is 30.5 Å². The molecule has 103 heavy (non-hydrogen) atoms. The Balaban J connectivity index is 1.13. The van der Waals surface area contributed by atoms with Gasteiger partial charge in [-0.05, 0) is 106 Å². The molecule has 566 valence electrons. The monoisotopic (exact) mass is 1500 g/mol. The van der Waals surface area contributed by atoms with Crippen LogP contribution in [0.15, 0.2) is 121 Å². The van der Waals surface area contributed by atoms with E-state index in [9.17, 15) is 10.2 Å². The van der Waals surface area contributed by atoms with Gasteiger partial charge >= 0.3 is 0 Å². The minimum atomic E-state index is -1.74. The number of thiophene rings is 4. The summed E-state index contributed by atoms with van der Waals surface area (Å²) in [5, 5.41) is 29.7. The third-order valence-corrected chi connectivity index (χ3v) is 34.7. The van der Waals surface area contributed by atoms with Crippen LogP contribution < -0.4 is 9.00 Å². The Hall–Kier alpha value is -3.71. The maximum atomic E-state index is 15.0. The van der Waals surface area contributed by atoms with E-state index in [0.717, 1.165) is 71.8 Å². The minimum Gasteiger partial charge on any atom is -0.376 e. The van der Waals surface area contributed by atoms with Crippen LogP contribution in [0.1, 0.15) is 346 Å². The molecule has 4 aromatic carbocycles. The van der Waals surface area contributed by atoms with Crippen LogP contribution in [0.2, 0.25) is 39.3 Å². The van der Waals surface area contributed by atoms with Crippen molar-refractivity contribution in [2.75, 3.05) is 0 Å². The molecule has 0 aliphatic rings. The molecule has 0 bridgehead atoms. The third-order valence-electron chi connectivity index (χ3n) is 22.4. The van der Waals surface area contributed by atoms with Crippen molar-refractivity contribution in [2.45, 2.75) is 367 Å². The number of fused-ring (bicyclic) bond motifs is 1. The lowest BCUT2D eigenvalue weighted by Gasteiger charge is -2.31. The van der Waals surface area contributed by atoms with Gasteiger partial charge in [0.2, 0.25) is 0 Å². The topological polar surface area (TPSA) is 40.5 Å². The predicted molar refractivity (Wildman–Crippen MR) is 469 cm³/mol. The molecule has 1 atom stereocenters. The molecule has 0 spiro atoms. The van der Waals surface area contributed by atoms with E-state index >= 15 is 0 Å². The average molecular weight is 1500 g/mol. The Morgan fingerprint density at radius 3 is 0.689 bits per heavy atom. The highest BCUT2D eigenvalue weighted by molar-refractivity contribution is 7.36. The molecule has 0 aliphatic carbocycles. The van der Waals surface area contributed by atoms with Gasteiger partial charge in [-0.2, -0.15) is 0 Å². The van der Waals surface area contributed by atoms with Crippen LogP contribution in [0.5, 0.6) is 0 Å². The normalized spacial score (nSPS) is 12.9. The second kappa shape index (κ2) is 45.3. The van der Waals surface area contributed by atoms with Gasteiger partial charge in [0.15, 0.2) is 0 Å². The largest absolute Gasteiger partial charge is 0.376 e. The molecule has 0 aliphatic heterocycles. The highest BCUT2D eigenvalue weighted by atomic mass is 32.1. The molecule has 4 aromatic heterocycles. The summed E-state index contributed by atoms with van der Waals surface area (Å²) in [4.78, 5) is 4.59. The Bertz CT molecular complexity index is 3490. The van der Waals surface area contributed by atoms with E-state index < -0.39 is 27.3 Å². The summed E-state index contributed by atoms with van der Waals surface area (Å²) in [7, 11) is -3.47. The lowest BCUT2D eigenvalue weighted by Crippen LogP contribution is -2.34. The number of rotatable bonds is 55. The zero-order chi connectivity index (χ0) is 73.2. The first-order valence-electron chi connectivity index (χ1n) is 42.6. The number of hydrogen-bond donors (Lipinski definition) is 2. The minimum absolute atomic E-state index is 0.869. The van der Waals surface area contributed by atoms with Crippen LogP contribution in [0.4, 0.5) is 0 Å². The molecular weight excluding hydrogens is 1360 g/mol. The van der Waals surface area contributed by atoms with Gasteiger partial charge in [0.25, 0.3) is 0 Å².